The summed E-state index contributed by atoms with van der Waals surface area (Å²) in [5.74, 6) is -1.09. The van der Waals surface area contributed by atoms with Gasteiger partial charge in [0.05, 0.1) is 0 Å². The third kappa shape index (κ3) is 4.14. The maximum atomic E-state index is 11.9. The summed E-state index contributed by atoms with van der Waals surface area (Å²) in [6.07, 6.45) is -0.668. The van der Waals surface area contributed by atoms with Crippen molar-refractivity contribution in [1.29, 1.82) is 0 Å². The molecule has 24 heavy (non-hydrogen) atoms. The lowest BCUT2D eigenvalue weighted by atomic mass is 9.99. The van der Waals surface area contributed by atoms with Crippen LogP contribution in [0.3, 0.4) is 0 Å². The monoisotopic (exact) mass is 347 g/mol. The van der Waals surface area contributed by atoms with Gasteiger partial charge in [0.25, 0.3) is 0 Å². The standard InChI is InChI=1S/C18H21NO4S/c1-10-6-7-12(8-11(10)2)13-9-24-15(14(13)16(20)21)19-17(22)23-18(3,4)5/h6-9H,1-5H3,(H,19,22)(H,20,21). The summed E-state index contributed by atoms with van der Waals surface area (Å²) in [6, 6.07) is 5.78. The van der Waals surface area contributed by atoms with E-state index in [0.717, 1.165) is 16.7 Å². The number of benzene rings is 1. The first kappa shape index (κ1) is 18.0. The van der Waals surface area contributed by atoms with Gasteiger partial charge in [0, 0.05) is 10.9 Å². The summed E-state index contributed by atoms with van der Waals surface area (Å²) in [5.41, 5.74) is 3.04. The average molecular weight is 347 g/mol. The predicted molar refractivity (Wildman–Crippen MR) is 96.0 cm³/mol. The highest BCUT2D eigenvalue weighted by Gasteiger charge is 2.23. The Morgan fingerprint density at radius 2 is 1.83 bits per heavy atom. The maximum Gasteiger partial charge on any atom is 0.412 e. The largest absolute Gasteiger partial charge is 0.478 e. The first-order valence-electron chi connectivity index (χ1n) is 7.51. The van der Waals surface area contributed by atoms with E-state index in [1.165, 1.54) is 11.3 Å². The van der Waals surface area contributed by atoms with Gasteiger partial charge in [-0.25, -0.2) is 9.59 Å². The highest BCUT2D eigenvalue weighted by molar-refractivity contribution is 7.15. The van der Waals surface area contributed by atoms with E-state index in [2.05, 4.69) is 5.32 Å². The molecule has 0 radical (unpaired) electrons. The molecule has 2 rings (SSSR count). The summed E-state index contributed by atoms with van der Waals surface area (Å²) in [7, 11) is 0. The number of thiophene rings is 1. The van der Waals surface area contributed by atoms with Gasteiger partial charge in [-0.15, -0.1) is 11.3 Å². The summed E-state index contributed by atoms with van der Waals surface area (Å²) in [5, 5.41) is 14.1. The summed E-state index contributed by atoms with van der Waals surface area (Å²) in [6.45, 7) is 9.23. The number of carboxylic acids is 1. The minimum absolute atomic E-state index is 0.0779. The lowest BCUT2D eigenvalue weighted by Crippen LogP contribution is -2.27. The van der Waals surface area contributed by atoms with Crippen LogP contribution in [0.25, 0.3) is 11.1 Å². The van der Waals surface area contributed by atoms with Crippen LogP contribution in [0.1, 0.15) is 42.3 Å². The third-order valence-electron chi connectivity index (χ3n) is 3.44. The molecule has 0 aliphatic carbocycles. The summed E-state index contributed by atoms with van der Waals surface area (Å²) >= 11 is 1.17. The van der Waals surface area contributed by atoms with Gasteiger partial charge in [-0.1, -0.05) is 18.2 Å². The van der Waals surface area contributed by atoms with Crippen molar-refractivity contribution in [3.63, 3.8) is 0 Å². The Labute approximate surface area is 145 Å². The number of carbonyl (C=O) groups excluding carboxylic acids is 1. The number of aryl methyl sites for hydroxylation is 2. The predicted octanol–water partition coefficient (Wildman–Crippen LogP) is 5.08. The lowest BCUT2D eigenvalue weighted by molar-refractivity contribution is 0.0636. The highest BCUT2D eigenvalue weighted by atomic mass is 32.1. The van der Waals surface area contributed by atoms with Crippen LogP contribution in [0.5, 0.6) is 0 Å². The molecule has 0 unspecified atom stereocenters. The van der Waals surface area contributed by atoms with Crippen molar-refractivity contribution in [2.45, 2.75) is 40.2 Å². The van der Waals surface area contributed by atoms with E-state index in [0.29, 0.717) is 5.56 Å². The Hall–Kier alpha value is -2.34. The van der Waals surface area contributed by atoms with Gasteiger partial charge >= 0.3 is 12.1 Å². The Balaban J connectivity index is 2.38. The maximum absolute atomic E-state index is 11.9. The number of ether oxygens (including phenoxy) is 1. The molecule has 0 atom stereocenters. The van der Waals surface area contributed by atoms with Gasteiger partial charge in [-0.05, 0) is 51.3 Å². The second-order valence-electron chi connectivity index (χ2n) is 6.58. The smallest absolute Gasteiger partial charge is 0.412 e. The zero-order valence-corrected chi connectivity index (χ0v) is 15.2. The molecule has 2 N–H and O–H groups in total. The van der Waals surface area contributed by atoms with Crippen LogP contribution in [0.15, 0.2) is 23.6 Å². The van der Waals surface area contributed by atoms with E-state index in [-0.39, 0.29) is 10.6 Å². The number of rotatable bonds is 3. The number of carbonyl (C=O) groups is 2. The van der Waals surface area contributed by atoms with Crippen LogP contribution in [-0.2, 0) is 4.74 Å². The zero-order valence-electron chi connectivity index (χ0n) is 14.4. The SMILES string of the molecule is Cc1ccc(-c2csc(NC(=O)OC(C)(C)C)c2C(=O)O)cc1C. The number of hydrogen-bond acceptors (Lipinski definition) is 4. The van der Waals surface area contributed by atoms with Crippen LogP contribution in [0, 0.1) is 13.8 Å². The molecule has 128 valence electrons. The number of anilines is 1. The fourth-order valence-corrected chi connectivity index (χ4v) is 3.13. The van der Waals surface area contributed by atoms with E-state index in [4.69, 9.17) is 4.74 Å². The fraction of sp³-hybridized carbons (Fsp3) is 0.333. The molecule has 1 aromatic carbocycles. The van der Waals surface area contributed by atoms with Gasteiger partial charge in [0.2, 0.25) is 0 Å². The van der Waals surface area contributed by atoms with E-state index in [1.54, 1.807) is 26.2 Å². The van der Waals surface area contributed by atoms with Crippen LogP contribution >= 0.6 is 11.3 Å². The summed E-state index contributed by atoms with van der Waals surface area (Å²) in [4.78, 5) is 23.6. The van der Waals surface area contributed by atoms with E-state index < -0.39 is 17.7 Å². The molecule has 1 amide bonds. The first-order chi connectivity index (χ1) is 11.1. The minimum Gasteiger partial charge on any atom is -0.478 e. The van der Waals surface area contributed by atoms with Crippen LogP contribution < -0.4 is 5.32 Å². The lowest BCUT2D eigenvalue weighted by Gasteiger charge is -2.19. The molecular formula is C18H21NO4S. The second kappa shape index (κ2) is 6.65. The average Bonchev–Trinajstić information content (AvgIpc) is 2.83. The Morgan fingerprint density at radius 1 is 1.17 bits per heavy atom. The van der Waals surface area contributed by atoms with Crippen molar-refractivity contribution < 1.29 is 19.4 Å². The van der Waals surface area contributed by atoms with E-state index >= 15 is 0 Å². The zero-order chi connectivity index (χ0) is 18.1. The highest BCUT2D eigenvalue weighted by Crippen LogP contribution is 2.36. The van der Waals surface area contributed by atoms with E-state index in [1.807, 2.05) is 32.0 Å². The molecule has 0 aliphatic heterocycles. The molecule has 1 aromatic heterocycles. The van der Waals surface area contributed by atoms with Crippen molar-refractivity contribution in [1.82, 2.24) is 0 Å². The molecule has 2 aromatic rings. The molecular weight excluding hydrogens is 326 g/mol. The van der Waals surface area contributed by atoms with Crippen LogP contribution in [0.2, 0.25) is 0 Å². The minimum atomic E-state index is -1.09. The Kier molecular flexibility index (Phi) is 4.99. The number of hydrogen-bond donors (Lipinski definition) is 2. The topological polar surface area (TPSA) is 75.6 Å². The molecule has 0 spiro atoms. The molecule has 0 saturated heterocycles. The van der Waals surface area contributed by atoms with Crippen LogP contribution in [0.4, 0.5) is 9.80 Å². The molecule has 6 heteroatoms. The van der Waals surface area contributed by atoms with Gasteiger partial charge in [-0.2, -0.15) is 0 Å². The van der Waals surface area contributed by atoms with Crippen LogP contribution in [-0.4, -0.2) is 22.8 Å². The van der Waals surface area contributed by atoms with Crippen molar-refractivity contribution in [3.05, 3.63) is 40.3 Å². The van der Waals surface area contributed by atoms with Gasteiger partial charge in [0.1, 0.15) is 16.2 Å². The van der Waals surface area contributed by atoms with Crippen molar-refractivity contribution in [2.75, 3.05) is 5.32 Å². The molecule has 5 nitrogen and oxygen atoms in total. The van der Waals surface area contributed by atoms with Crippen molar-refractivity contribution >= 4 is 28.4 Å². The second-order valence-corrected chi connectivity index (χ2v) is 7.46. The third-order valence-corrected chi connectivity index (χ3v) is 4.33. The van der Waals surface area contributed by atoms with Crippen molar-refractivity contribution in [3.8, 4) is 11.1 Å². The Bertz CT molecular complexity index is 787. The van der Waals surface area contributed by atoms with Gasteiger partial charge in [0.15, 0.2) is 0 Å². The molecule has 0 aliphatic rings. The van der Waals surface area contributed by atoms with Crippen molar-refractivity contribution in [2.24, 2.45) is 0 Å². The molecule has 1 heterocycles. The molecule has 0 fully saturated rings. The number of nitrogens with one attached hydrogen (secondary N) is 1. The summed E-state index contributed by atoms with van der Waals surface area (Å²) < 4.78 is 5.19. The van der Waals surface area contributed by atoms with E-state index in [9.17, 15) is 14.7 Å². The number of aromatic carboxylic acids is 1. The quantitative estimate of drug-likeness (QED) is 0.812. The van der Waals surface area contributed by atoms with Gasteiger partial charge < -0.3 is 9.84 Å². The molecule has 0 saturated carbocycles. The molecule has 0 bridgehead atoms. The van der Waals surface area contributed by atoms with Gasteiger partial charge in [-0.3, -0.25) is 5.32 Å². The first-order valence-corrected chi connectivity index (χ1v) is 8.39. The Morgan fingerprint density at radius 3 is 2.38 bits per heavy atom. The fourth-order valence-electron chi connectivity index (χ4n) is 2.18. The number of amides is 1. The normalized spacial score (nSPS) is 11.2. The number of carboxylic acid groups (broad SMARTS) is 1.